The molecular weight excluding hydrogens is 450 g/mol. The molecule has 0 radical (unpaired) electrons. The van der Waals surface area contributed by atoms with E-state index in [0.717, 1.165) is 43.8 Å². The zero-order chi connectivity index (χ0) is 19.1. The Morgan fingerprint density at radius 3 is 2.78 bits per heavy atom. The van der Waals surface area contributed by atoms with Gasteiger partial charge in [0.15, 0.2) is 0 Å². The largest absolute Gasteiger partial charge is 0.489 e. The minimum atomic E-state index is 0.501. The van der Waals surface area contributed by atoms with Gasteiger partial charge in [0.05, 0.1) is 0 Å². The summed E-state index contributed by atoms with van der Waals surface area (Å²) in [5, 5.41) is 16.4. The SMILES string of the molecule is Cn1nnnc1SCCNCc1cc(Br)ccc1OCc1ccc(Cl)cc1. The lowest BCUT2D eigenvalue weighted by Gasteiger charge is -2.13. The molecule has 2 aromatic carbocycles. The number of ether oxygens (including phenoxy) is 1. The molecule has 27 heavy (non-hydrogen) atoms. The minimum absolute atomic E-state index is 0.501. The third-order valence-electron chi connectivity index (χ3n) is 3.74. The second-order valence-corrected chi connectivity index (χ2v) is 8.19. The van der Waals surface area contributed by atoms with Crippen LogP contribution in [0.25, 0.3) is 0 Å². The molecule has 0 saturated heterocycles. The molecule has 0 saturated carbocycles. The Morgan fingerprint density at radius 1 is 1.22 bits per heavy atom. The van der Waals surface area contributed by atoms with Gasteiger partial charge in [-0.15, -0.1) is 5.10 Å². The van der Waals surface area contributed by atoms with Crippen LogP contribution in [0.4, 0.5) is 0 Å². The third kappa shape index (κ3) is 6.21. The monoisotopic (exact) mass is 467 g/mol. The fourth-order valence-electron chi connectivity index (χ4n) is 2.35. The van der Waals surface area contributed by atoms with Gasteiger partial charge >= 0.3 is 0 Å². The predicted octanol–water partition coefficient (Wildman–Crippen LogP) is 4.09. The van der Waals surface area contributed by atoms with E-state index in [1.807, 2.05) is 43.4 Å². The van der Waals surface area contributed by atoms with Crippen LogP contribution in [0.1, 0.15) is 11.1 Å². The molecule has 1 heterocycles. The lowest BCUT2D eigenvalue weighted by atomic mass is 10.2. The number of aryl methyl sites for hydroxylation is 1. The van der Waals surface area contributed by atoms with Crippen molar-refractivity contribution >= 4 is 39.3 Å². The standard InChI is InChI=1S/C18H19BrClN5OS/c1-25-18(22-23-24-25)27-9-8-21-11-14-10-15(19)4-7-17(14)26-12-13-2-5-16(20)6-3-13/h2-7,10,21H,8-9,11-12H2,1H3. The number of nitrogens with zero attached hydrogens (tertiary/aromatic N) is 4. The predicted molar refractivity (Wildman–Crippen MR) is 111 cm³/mol. The molecule has 0 unspecified atom stereocenters. The summed E-state index contributed by atoms with van der Waals surface area (Å²) >= 11 is 11.1. The third-order valence-corrected chi connectivity index (χ3v) is 5.49. The van der Waals surface area contributed by atoms with Crippen LogP contribution < -0.4 is 10.1 Å². The Bertz CT molecular complexity index is 874. The Kier molecular flexibility index (Phi) is 7.51. The maximum Gasteiger partial charge on any atom is 0.209 e. The van der Waals surface area contributed by atoms with Crippen molar-refractivity contribution in [2.75, 3.05) is 12.3 Å². The van der Waals surface area contributed by atoms with E-state index in [-0.39, 0.29) is 0 Å². The van der Waals surface area contributed by atoms with Crippen LogP contribution in [0.5, 0.6) is 5.75 Å². The normalized spacial score (nSPS) is 10.9. The van der Waals surface area contributed by atoms with E-state index in [9.17, 15) is 0 Å². The van der Waals surface area contributed by atoms with Gasteiger partial charge in [0.2, 0.25) is 5.16 Å². The van der Waals surface area contributed by atoms with Gasteiger partial charge in [-0.1, -0.05) is 51.4 Å². The maximum atomic E-state index is 6.01. The molecule has 6 nitrogen and oxygen atoms in total. The second kappa shape index (κ2) is 10.1. The number of nitrogens with one attached hydrogen (secondary N) is 1. The number of thioether (sulfide) groups is 1. The van der Waals surface area contributed by atoms with Crippen molar-refractivity contribution in [3.63, 3.8) is 0 Å². The molecule has 0 amide bonds. The maximum absolute atomic E-state index is 6.01. The van der Waals surface area contributed by atoms with Crippen LogP contribution in [-0.2, 0) is 20.2 Å². The van der Waals surface area contributed by atoms with Gasteiger partial charge in [-0.3, -0.25) is 0 Å². The fourth-order valence-corrected chi connectivity index (χ4v) is 3.63. The van der Waals surface area contributed by atoms with Crippen LogP contribution in [0.3, 0.4) is 0 Å². The summed E-state index contributed by atoms with van der Waals surface area (Å²) in [5.74, 6) is 1.74. The van der Waals surface area contributed by atoms with Crippen molar-refractivity contribution < 1.29 is 4.74 Å². The molecule has 142 valence electrons. The average molecular weight is 469 g/mol. The lowest BCUT2D eigenvalue weighted by molar-refractivity contribution is 0.302. The molecule has 3 aromatic rings. The Labute approximate surface area is 175 Å². The van der Waals surface area contributed by atoms with Gasteiger partial charge < -0.3 is 10.1 Å². The minimum Gasteiger partial charge on any atom is -0.489 e. The molecule has 0 atom stereocenters. The number of hydrogen-bond donors (Lipinski definition) is 1. The summed E-state index contributed by atoms with van der Waals surface area (Å²) in [6.07, 6.45) is 0. The molecule has 0 aliphatic heterocycles. The quantitative estimate of drug-likeness (QED) is 0.377. The first-order chi connectivity index (χ1) is 13.1. The molecule has 0 fully saturated rings. The zero-order valence-electron chi connectivity index (χ0n) is 14.7. The Morgan fingerprint density at radius 2 is 2.04 bits per heavy atom. The van der Waals surface area contributed by atoms with Gasteiger partial charge in [0.1, 0.15) is 12.4 Å². The van der Waals surface area contributed by atoms with Gasteiger partial charge in [-0.2, -0.15) is 0 Å². The van der Waals surface area contributed by atoms with Gasteiger partial charge in [-0.25, -0.2) is 4.68 Å². The number of rotatable bonds is 9. The highest BCUT2D eigenvalue weighted by Gasteiger charge is 2.06. The van der Waals surface area contributed by atoms with Crippen molar-refractivity contribution in [3.05, 3.63) is 63.1 Å². The van der Waals surface area contributed by atoms with Crippen LogP contribution in [0.2, 0.25) is 5.02 Å². The number of hydrogen-bond acceptors (Lipinski definition) is 6. The Balaban J connectivity index is 1.50. The van der Waals surface area contributed by atoms with Crippen molar-refractivity contribution in [3.8, 4) is 5.75 Å². The van der Waals surface area contributed by atoms with Gasteiger partial charge in [0.25, 0.3) is 0 Å². The van der Waals surface area contributed by atoms with E-state index in [0.29, 0.717) is 13.2 Å². The molecule has 3 rings (SSSR count). The number of tetrazole rings is 1. The molecular formula is C18H19BrClN5OS. The molecule has 0 bridgehead atoms. The summed E-state index contributed by atoms with van der Waals surface area (Å²) in [5.41, 5.74) is 2.18. The molecule has 1 N–H and O–H groups in total. The Hall–Kier alpha value is -1.61. The highest BCUT2D eigenvalue weighted by Crippen LogP contribution is 2.24. The highest BCUT2D eigenvalue weighted by molar-refractivity contribution is 9.10. The summed E-state index contributed by atoms with van der Waals surface area (Å²) in [4.78, 5) is 0. The first kappa shape index (κ1) is 20.1. The lowest BCUT2D eigenvalue weighted by Crippen LogP contribution is -2.17. The van der Waals surface area contributed by atoms with Crippen LogP contribution >= 0.6 is 39.3 Å². The smallest absolute Gasteiger partial charge is 0.209 e. The van der Waals surface area contributed by atoms with Crippen LogP contribution in [0, 0.1) is 0 Å². The highest BCUT2D eigenvalue weighted by atomic mass is 79.9. The van der Waals surface area contributed by atoms with Crippen LogP contribution in [-0.4, -0.2) is 32.5 Å². The van der Waals surface area contributed by atoms with Crippen molar-refractivity contribution in [1.29, 1.82) is 0 Å². The molecule has 0 aliphatic carbocycles. The second-order valence-electron chi connectivity index (χ2n) is 5.78. The zero-order valence-corrected chi connectivity index (χ0v) is 17.9. The van der Waals surface area contributed by atoms with Gasteiger partial charge in [-0.05, 0) is 46.3 Å². The van der Waals surface area contributed by atoms with E-state index in [2.05, 4.69) is 42.8 Å². The van der Waals surface area contributed by atoms with E-state index in [1.165, 1.54) is 0 Å². The summed E-state index contributed by atoms with van der Waals surface area (Å²) < 4.78 is 8.70. The van der Waals surface area contributed by atoms with Crippen molar-refractivity contribution in [2.24, 2.45) is 7.05 Å². The topological polar surface area (TPSA) is 64.9 Å². The van der Waals surface area contributed by atoms with E-state index < -0.39 is 0 Å². The number of benzene rings is 2. The van der Waals surface area contributed by atoms with E-state index in [1.54, 1.807) is 16.4 Å². The summed E-state index contributed by atoms with van der Waals surface area (Å²) in [6.45, 7) is 2.05. The molecule has 1 aromatic heterocycles. The molecule has 9 heteroatoms. The first-order valence-electron chi connectivity index (χ1n) is 8.33. The van der Waals surface area contributed by atoms with E-state index in [4.69, 9.17) is 16.3 Å². The van der Waals surface area contributed by atoms with Crippen LogP contribution in [0.15, 0.2) is 52.1 Å². The average Bonchev–Trinajstić information content (AvgIpc) is 3.07. The van der Waals surface area contributed by atoms with Crippen molar-refractivity contribution in [1.82, 2.24) is 25.5 Å². The molecule has 0 aliphatic rings. The fraction of sp³-hybridized carbons (Fsp3) is 0.278. The molecule has 0 spiro atoms. The number of halogens is 2. The first-order valence-corrected chi connectivity index (χ1v) is 10.5. The summed E-state index contributed by atoms with van der Waals surface area (Å²) in [7, 11) is 1.83. The van der Waals surface area contributed by atoms with Crippen molar-refractivity contribution in [2.45, 2.75) is 18.3 Å². The van der Waals surface area contributed by atoms with E-state index >= 15 is 0 Å². The summed E-state index contributed by atoms with van der Waals surface area (Å²) in [6, 6.07) is 13.7. The number of aromatic nitrogens is 4. The van der Waals surface area contributed by atoms with Gasteiger partial charge in [0, 0.05) is 40.9 Å².